The summed E-state index contributed by atoms with van der Waals surface area (Å²) >= 11 is 6.49. The molecule has 208 valence electrons. The molecule has 39 heavy (non-hydrogen) atoms. The van der Waals surface area contributed by atoms with E-state index in [4.69, 9.17) is 21.4 Å². The van der Waals surface area contributed by atoms with Crippen LogP contribution in [0.5, 0.6) is 5.75 Å². The van der Waals surface area contributed by atoms with Crippen LogP contribution in [0.2, 0.25) is 5.02 Å². The zero-order chi connectivity index (χ0) is 27.0. The van der Waals surface area contributed by atoms with E-state index < -0.39 is 30.5 Å². The van der Waals surface area contributed by atoms with Gasteiger partial charge >= 0.3 is 12.2 Å². The number of alkyl halides is 3. The SMILES string of the molecule is Cl.O=C(Nc1cc(OC[C@@H](O)CO)ccn1)N1c2nc(-c3cccc(C(F)(F)F)c3)c(Cl)cc2N2CC[C@H]1C2. The normalized spacial score (nSPS) is 16.8. The topological polar surface area (TPSA) is 111 Å². The average Bonchev–Trinajstić information content (AvgIpc) is 3.31. The number of hydrogen-bond acceptors (Lipinski definition) is 7. The Labute approximate surface area is 232 Å². The summed E-state index contributed by atoms with van der Waals surface area (Å²) in [6, 6.07) is 8.61. The standard InChI is InChI=1S/C25H23ClF3N5O4.ClH/c26-19-10-20-23(32-22(19)14-2-1-3-15(8-14)25(27,28)29)34(16-5-7-33(20)11-16)24(37)31-21-9-18(4-6-30-21)38-13-17(36)12-35;/h1-4,6,8-10,16-17,35-36H,5,7,11-13H2,(H,30,31,37);1H/t16-,17-;/m0./s1. The molecule has 1 aromatic carbocycles. The van der Waals surface area contributed by atoms with Crippen LogP contribution in [0, 0.1) is 0 Å². The van der Waals surface area contributed by atoms with E-state index in [2.05, 4.69) is 15.3 Å². The molecule has 0 spiro atoms. The Morgan fingerprint density at radius 3 is 2.79 bits per heavy atom. The highest BCUT2D eigenvalue weighted by Gasteiger charge is 2.41. The number of hydrogen-bond donors (Lipinski definition) is 3. The van der Waals surface area contributed by atoms with Gasteiger partial charge in [-0.25, -0.2) is 14.8 Å². The molecule has 2 aromatic heterocycles. The summed E-state index contributed by atoms with van der Waals surface area (Å²) in [5.74, 6) is 0.789. The lowest BCUT2D eigenvalue weighted by Crippen LogP contribution is -2.48. The van der Waals surface area contributed by atoms with Gasteiger partial charge in [-0.15, -0.1) is 12.4 Å². The Balaban J connectivity index is 0.00000353. The summed E-state index contributed by atoms with van der Waals surface area (Å²) in [7, 11) is 0. The van der Waals surface area contributed by atoms with Crippen molar-refractivity contribution in [2.75, 3.05) is 41.4 Å². The minimum Gasteiger partial charge on any atom is -0.491 e. The molecule has 9 nitrogen and oxygen atoms in total. The van der Waals surface area contributed by atoms with Gasteiger partial charge in [0.2, 0.25) is 0 Å². The maximum absolute atomic E-state index is 13.5. The number of nitrogens with zero attached hydrogens (tertiary/aromatic N) is 4. The van der Waals surface area contributed by atoms with Crippen molar-refractivity contribution in [1.29, 1.82) is 0 Å². The molecule has 0 saturated carbocycles. The first-order valence-corrected chi connectivity index (χ1v) is 12.1. The first-order chi connectivity index (χ1) is 18.1. The quantitative estimate of drug-likeness (QED) is 0.387. The number of halogens is 5. The maximum Gasteiger partial charge on any atom is 0.416 e. The third kappa shape index (κ3) is 5.98. The number of ether oxygens (including phenoxy) is 1. The number of fused-ring (bicyclic) bond motifs is 4. The van der Waals surface area contributed by atoms with Crippen LogP contribution in [-0.4, -0.2) is 64.7 Å². The molecule has 0 aliphatic carbocycles. The molecule has 3 N–H and O–H groups in total. The van der Waals surface area contributed by atoms with Crippen LogP contribution in [0.25, 0.3) is 11.3 Å². The predicted octanol–water partition coefficient (Wildman–Crippen LogP) is 4.60. The average molecular weight is 586 g/mol. The predicted molar refractivity (Wildman–Crippen MR) is 142 cm³/mol. The second-order valence-corrected chi connectivity index (χ2v) is 9.36. The molecular formula is C25H24Cl2F3N5O4. The number of rotatable bonds is 6. The minimum absolute atomic E-state index is 0. The van der Waals surface area contributed by atoms with Gasteiger partial charge in [0.05, 0.1) is 34.6 Å². The number of carbonyl (C=O) groups is 1. The first kappa shape index (κ1) is 28.7. The molecule has 0 unspecified atom stereocenters. The van der Waals surface area contributed by atoms with Gasteiger partial charge in [0.15, 0.2) is 5.82 Å². The zero-order valence-corrected chi connectivity index (χ0v) is 21.8. The first-order valence-electron chi connectivity index (χ1n) is 11.7. The molecule has 2 aliphatic rings. The van der Waals surface area contributed by atoms with Crippen LogP contribution in [0.1, 0.15) is 12.0 Å². The molecular weight excluding hydrogens is 562 g/mol. The smallest absolute Gasteiger partial charge is 0.416 e. The number of aliphatic hydroxyl groups is 2. The van der Waals surface area contributed by atoms with Gasteiger partial charge < -0.3 is 19.8 Å². The van der Waals surface area contributed by atoms with Crippen molar-refractivity contribution < 1.29 is 32.9 Å². The second kappa shape index (κ2) is 11.4. The highest BCUT2D eigenvalue weighted by atomic mass is 35.5. The van der Waals surface area contributed by atoms with E-state index in [1.807, 2.05) is 4.90 Å². The molecule has 1 fully saturated rings. The van der Waals surface area contributed by atoms with E-state index in [0.29, 0.717) is 30.9 Å². The van der Waals surface area contributed by atoms with E-state index in [9.17, 15) is 23.1 Å². The molecule has 2 amide bonds. The van der Waals surface area contributed by atoms with Crippen molar-refractivity contribution in [2.45, 2.75) is 24.7 Å². The number of nitrogens with one attached hydrogen (secondary N) is 1. The molecule has 2 bridgehead atoms. The molecule has 3 aromatic rings. The lowest BCUT2D eigenvalue weighted by molar-refractivity contribution is -0.137. The Hall–Kier alpha value is -3.32. The van der Waals surface area contributed by atoms with Crippen LogP contribution >= 0.6 is 24.0 Å². The second-order valence-electron chi connectivity index (χ2n) is 8.95. The van der Waals surface area contributed by atoms with Crippen molar-refractivity contribution in [3.63, 3.8) is 0 Å². The van der Waals surface area contributed by atoms with Crippen LogP contribution < -0.4 is 19.9 Å². The van der Waals surface area contributed by atoms with Gasteiger partial charge in [-0.1, -0.05) is 23.7 Å². The number of pyridine rings is 2. The third-order valence-electron chi connectivity index (χ3n) is 6.34. The molecule has 5 rings (SSSR count). The molecule has 4 heterocycles. The molecule has 0 radical (unpaired) electrons. The van der Waals surface area contributed by atoms with Crippen molar-refractivity contribution in [3.05, 3.63) is 59.2 Å². The number of urea groups is 1. The van der Waals surface area contributed by atoms with E-state index in [1.165, 1.54) is 35.4 Å². The van der Waals surface area contributed by atoms with Crippen molar-refractivity contribution in [1.82, 2.24) is 9.97 Å². The summed E-state index contributed by atoms with van der Waals surface area (Å²) in [6.07, 6.45) is -3.51. The van der Waals surface area contributed by atoms with Crippen LogP contribution in [0.15, 0.2) is 48.7 Å². The highest BCUT2D eigenvalue weighted by Crippen LogP contribution is 2.43. The van der Waals surface area contributed by atoms with Gasteiger partial charge in [0.25, 0.3) is 0 Å². The fourth-order valence-corrected chi connectivity index (χ4v) is 4.77. The number of aromatic nitrogens is 2. The van der Waals surface area contributed by atoms with Crippen LogP contribution in [0.4, 0.5) is 35.3 Å². The molecule has 14 heteroatoms. The lowest BCUT2D eigenvalue weighted by Gasteiger charge is -2.36. The Bertz CT molecular complexity index is 1360. The maximum atomic E-state index is 13.5. The van der Waals surface area contributed by atoms with Crippen molar-refractivity contribution in [2.24, 2.45) is 0 Å². The van der Waals surface area contributed by atoms with Gasteiger partial charge in [-0.2, -0.15) is 13.2 Å². The van der Waals surface area contributed by atoms with E-state index >= 15 is 0 Å². The summed E-state index contributed by atoms with van der Waals surface area (Å²) < 4.78 is 45.4. The lowest BCUT2D eigenvalue weighted by atomic mass is 10.1. The monoisotopic (exact) mass is 585 g/mol. The minimum atomic E-state index is -4.53. The number of amides is 2. The molecule has 2 atom stereocenters. The molecule has 1 saturated heterocycles. The Kier molecular flexibility index (Phi) is 8.40. The van der Waals surface area contributed by atoms with Gasteiger partial charge in [0.1, 0.15) is 24.3 Å². The van der Waals surface area contributed by atoms with E-state index in [1.54, 1.807) is 6.07 Å². The Morgan fingerprint density at radius 1 is 1.26 bits per heavy atom. The summed E-state index contributed by atoms with van der Waals surface area (Å²) in [6.45, 7) is 0.614. The molecule has 2 aliphatic heterocycles. The number of benzene rings is 1. The van der Waals surface area contributed by atoms with Crippen LogP contribution in [-0.2, 0) is 6.18 Å². The number of aliphatic hydroxyl groups excluding tert-OH is 2. The zero-order valence-electron chi connectivity index (χ0n) is 20.2. The number of carbonyl (C=O) groups excluding carboxylic acids is 1. The third-order valence-corrected chi connectivity index (χ3v) is 6.62. The van der Waals surface area contributed by atoms with Gasteiger partial charge in [-0.3, -0.25) is 10.2 Å². The van der Waals surface area contributed by atoms with Gasteiger partial charge in [0, 0.05) is 30.9 Å². The fourth-order valence-electron chi connectivity index (χ4n) is 4.52. The van der Waals surface area contributed by atoms with E-state index in [0.717, 1.165) is 12.1 Å². The van der Waals surface area contributed by atoms with Crippen LogP contribution in [0.3, 0.4) is 0 Å². The summed E-state index contributed by atoms with van der Waals surface area (Å²) in [5.41, 5.74) is 0.0895. The van der Waals surface area contributed by atoms with Gasteiger partial charge in [-0.05, 0) is 30.7 Å². The van der Waals surface area contributed by atoms with Crippen molar-refractivity contribution in [3.8, 4) is 17.0 Å². The number of anilines is 3. The largest absolute Gasteiger partial charge is 0.491 e. The highest BCUT2D eigenvalue weighted by molar-refractivity contribution is 6.33. The fraction of sp³-hybridized carbons (Fsp3) is 0.320. The summed E-state index contributed by atoms with van der Waals surface area (Å²) in [5, 5.41) is 21.3. The summed E-state index contributed by atoms with van der Waals surface area (Å²) in [4.78, 5) is 25.7. The Morgan fingerprint density at radius 2 is 2.05 bits per heavy atom. The van der Waals surface area contributed by atoms with Crippen molar-refractivity contribution >= 4 is 47.4 Å². The van der Waals surface area contributed by atoms with E-state index in [-0.39, 0.29) is 53.0 Å².